The van der Waals surface area contributed by atoms with Crippen LogP contribution in [-0.4, -0.2) is 35.9 Å². The van der Waals surface area contributed by atoms with E-state index in [0.717, 1.165) is 25.7 Å². The van der Waals surface area contributed by atoms with Crippen LogP contribution in [0.25, 0.3) is 0 Å². The van der Waals surface area contributed by atoms with E-state index in [1.54, 1.807) is 17.0 Å². The largest absolute Gasteiger partial charge is 0.434 e. The maximum atomic E-state index is 12.7. The first-order chi connectivity index (χ1) is 10.1. The van der Waals surface area contributed by atoms with Crippen molar-refractivity contribution in [3.8, 4) is 5.75 Å². The third-order valence-corrected chi connectivity index (χ3v) is 3.85. The fourth-order valence-corrected chi connectivity index (χ4v) is 2.94. The molecule has 0 unspecified atom stereocenters. The van der Waals surface area contributed by atoms with Gasteiger partial charge in [-0.2, -0.15) is 8.78 Å². The molecule has 1 amide bonds. The predicted molar refractivity (Wildman–Crippen MR) is 77.1 cm³/mol. The first-order valence-corrected chi connectivity index (χ1v) is 7.57. The van der Waals surface area contributed by atoms with Crippen LogP contribution >= 0.6 is 11.6 Å². The van der Waals surface area contributed by atoms with Gasteiger partial charge in [0.2, 0.25) is 0 Å². The van der Waals surface area contributed by atoms with Crippen molar-refractivity contribution in [1.29, 1.82) is 0 Å². The molecule has 21 heavy (non-hydrogen) atoms. The average Bonchev–Trinajstić information content (AvgIpc) is 2.98. The molecule has 0 heterocycles. The SMILES string of the molecule is O=C(c1ccccc1OC(F)F)N(CCCl)C1CCCC1. The summed E-state index contributed by atoms with van der Waals surface area (Å²) in [5, 5.41) is 0. The first-order valence-electron chi connectivity index (χ1n) is 7.04. The third-order valence-electron chi connectivity index (χ3n) is 3.69. The van der Waals surface area contributed by atoms with Gasteiger partial charge < -0.3 is 9.64 Å². The molecule has 1 fully saturated rings. The number of carbonyl (C=O) groups excluding carboxylic acids is 1. The van der Waals surface area contributed by atoms with Gasteiger partial charge in [-0.05, 0) is 25.0 Å². The molecule has 0 aromatic heterocycles. The molecule has 1 aliphatic carbocycles. The van der Waals surface area contributed by atoms with Crippen molar-refractivity contribution in [1.82, 2.24) is 4.90 Å². The van der Waals surface area contributed by atoms with Crippen molar-refractivity contribution in [3.63, 3.8) is 0 Å². The van der Waals surface area contributed by atoms with Crippen LogP contribution in [0.2, 0.25) is 0 Å². The number of ether oxygens (including phenoxy) is 1. The van der Waals surface area contributed by atoms with E-state index in [1.165, 1.54) is 12.1 Å². The highest BCUT2D eigenvalue weighted by Crippen LogP contribution is 2.28. The lowest BCUT2D eigenvalue weighted by atomic mass is 10.1. The number of carbonyl (C=O) groups is 1. The number of amides is 1. The van der Waals surface area contributed by atoms with Crippen molar-refractivity contribution in [2.45, 2.75) is 38.3 Å². The Kier molecular flexibility index (Phi) is 5.79. The van der Waals surface area contributed by atoms with Crippen molar-refractivity contribution in [2.75, 3.05) is 12.4 Å². The predicted octanol–water partition coefficient (Wildman–Crippen LogP) is 3.91. The highest BCUT2D eigenvalue weighted by atomic mass is 35.5. The summed E-state index contributed by atoms with van der Waals surface area (Å²) in [7, 11) is 0. The van der Waals surface area contributed by atoms with Crippen LogP contribution in [0.3, 0.4) is 0 Å². The zero-order valence-corrected chi connectivity index (χ0v) is 12.4. The summed E-state index contributed by atoms with van der Waals surface area (Å²) in [4.78, 5) is 14.4. The Bertz CT molecular complexity index is 478. The fraction of sp³-hybridized carbons (Fsp3) is 0.533. The van der Waals surface area contributed by atoms with Gasteiger partial charge in [0.25, 0.3) is 5.91 Å². The fourth-order valence-electron chi connectivity index (χ4n) is 2.75. The van der Waals surface area contributed by atoms with Gasteiger partial charge in [0.1, 0.15) is 5.75 Å². The molecule has 3 nitrogen and oxygen atoms in total. The van der Waals surface area contributed by atoms with Crippen LogP contribution in [0, 0.1) is 0 Å². The number of halogens is 3. The molecule has 0 atom stereocenters. The minimum Gasteiger partial charge on any atom is -0.434 e. The van der Waals surface area contributed by atoms with Crippen molar-refractivity contribution >= 4 is 17.5 Å². The number of alkyl halides is 3. The number of nitrogens with zero attached hydrogens (tertiary/aromatic N) is 1. The van der Waals surface area contributed by atoms with Crippen LogP contribution in [0.15, 0.2) is 24.3 Å². The molecule has 0 radical (unpaired) electrons. The number of rotatable bonds is 6. The monoisotopic (exact) mass is 317 g/mol. The molecular weight excluding hydrogens is 300 g/mol. The second kappa shape index (κ2) is 7.59. The van der Waals surface area contributed by atoms with Gasteiger partial charge in [0, 0.05) is 18.5 Å². The quantitative estimate of drug-likeness (QED) is 0.744. The van der Waals surface area contributed by atoms with E-state index in [-0.39, 0.29) is 23.3 Å². The summed E-state index contributed by atoms with van der Waals surface area (Å²) in [5.41, 5.74) is 0.162. The van der Waals surface area contributed by atoms with E-state index >= 15 is 0 Å². The van der Waals surface area contributed by atoms with Crippen molar-refractivity contribution in [3.05, 3.63) is 29.8 Å². The van der Waals surface area contributed by atoms with Crippen LogP contribution in [-0.2, 0) is 0 Å². The Morgan fingerprint density at radius 2 is 2.00 bits per heavy atom. The maximum Gasteiger partial charge on any atom is 0.387 e. The third kappa shape index (κ3) is 4.06. The molecule has 0 spiro atoms. The first kappa shape index (κ1) is 16.0. The minimum absolute atomic E-state index is 0.0879. The summed E-state index contributed by atoms with van der Waals surface area (Å²) in [6.45, 7) is -2.54. The zero-order valence-electron chi connectivity index (χ0n) is 11.6. The van der Waals surface area contributed by atoms with Gasteiger partial charge in [-0.3, -0.25) is 4.79 Å². The standard InChI is InChI=1S/C15H18ClF2NO2/c16-9-10-19(11-5-1-2-6-11)14(20)12-7-3-4-8-13(12)21-15(17)18/h3-4,7-8,11,15H,1-2,5-6,9-10H2. The van der Waals surface area contributed by atoms with E-state index in [9.17, 15) is 13.6 Å². The summed E-state index contributed by atoms with van der Waals surface area (Å²) in [6.07, 6.45) is 4.01. The number of hydrogen-bond acceptors (Lipinski definition) is 2. The zero-order chi connectivity index (χ0) is 15.2. The van der Waals surface area contributed by atoms with E-state index in [4.69, 9.17) is 11.6 Å². The lowest BCUT2D eigenvalue weighted by Gasteiger charge is -2.29. The van der Waals surface area contributed by atoms with Gasteiger partial charge in [-0.25, -0.2) is 0 Å². The lowest BCUT2D eigenvalue weighted by Crippen LogP contribution is -2.40. The summed E-state index contributed by atoms with van der Waals surface area (Å²) < 4.78 is 29.3. The molecule has 0 N–H and O–H groups in total. The van der Waals surface area contributed by atoms with Crippen LogP contribution < -0.4 is 4.74 Å². The smallest absolute Gasteiger partial charge is 0.387 e. The molecule has 1 aromatic rings. The normalized spacial score (nSPS) is 15.4. The molecule has 0 saturated heterocycles. The second-order valence-electron chi connectivity index (χ2n) is 5.00. The maximum absolute atomic E-state index is 12.7. The molecule has 1 aromatic carbocycles. The van der Waals surface area contributed by atoms with E-state index in [2.05, 4.69) is 4.74 Å². The topological polar surface area (TPSA) is 29.5 Å². The molecule has 6 heteroatoms. The molecule has 116 valence electrons. The Morgan fingerprint density at radius 1 is 1.33 bits per heavy atom. The van der Waals surface area contributed by atoms with Gasteiger partial charge in [-0.15, -0.1) is 11.6 Å². The van der Waals surface area contributed by atoms with Crippen molar-refractivity contribution < 1.29 is 18.3 Å². The summed E-state index contributed by atoms with van der Waals surface area (Å²) >= 11 is 5.79. The van der Waals surface area contributed by atoms with Gasteiger partial charge in [0.05, 0.1) is 5.56 Å². The van der Waals surface area contributed by atoms with Crippen LogP contribution in [0.5, 0.6) is 5.75 Å². The van der Waals surface area contributed by atoms with E-state index in [1.807, 2.05) is 0 Å². The van der Waals surface area contributed by atoms with Crippen molar-refractivity contribution in [2.24, 2.45) is 0 Å². The second-order valence-corrected chi connectivity index (χ2v) is 5.38. The lowest BCUT2D eigenvalue weighted by molar-refractivity contribution is -0.0503. The number of hydrogen-bond donors (Lipinski definition) is 0. The molecule has 0 bridgehead atoms. The van der Waals surface area contributed by atoms with E-state index < -0.39 is 6.61 Å². The minimum atomic E-state index is -2.95. The Balaban J connectivity index is 2.23. The van der Waals surface area contributed by atoms with Gasteiger partial charge in [0.15, 0.2) is 0 Å². The molecule has 2 rings (SSSR count). The molecule has 1 aliphatic rings. The van der Waals surface area contributed by atoms with Crippen LogP contribution in [0.1, 0.15) is 36.0 Å². The number of para-hydroxylation sites is 1. The molecule has 1 saturated carbocycles. The van der Waals surface area contributed by atoms with Gasteiger partial charge >= 0.3 is 6.61 Å². The van der Waals surface area contributed by atoms with E-state index in [0.29, 0.717) is 12.4 Å². The average molecular weight is 318 g/mol. The van der Waals surface area contributed by atoms with Gasteiger partial charge in [-0.1, -0.05) is 25.0 Å². The number of benzene rings is 1. The summed E-state index contributed by atoms with van der Waals surface area (Å²) in [6, 6.07) is 6.23. The Morgan fingerprint density at radius 3 is 2.62 bits per heavy atom. The summed E-state index contributed by atoms with van der Waals surface area (Å²) in [5.74, 6) is -0.0611. The molecule has 0 aliphatic heterocycles. The molecular formula is C15H18ClF2NO2. The highest BCUT2D eigenvalue weighted by molar-refractivity contribution is 6.18. The highest BCUT2D eigenvalue weighted by Gasteiger charge is 2.28. The Hall–Kier alpha value is -1.36. The Labute approximate surface area is 127 Å². The van der Waals surface area contributed by atoms with Crippen LogP contribution in [0.4, 0.5) is 8.78 Å².